The van der Waals surface area contributed by atoms with Gasteiger partial charge in [0, 0.05) is 5.56 Å². The number of hydrogen-bond acceptors (Lipinski definition) is 3. The Morgan fingerprint density at radius 2 is 2.06 bits per heavy atom. The van der Waals surface area contributed by atoms with E-state index in [9.17, 15) is 14.0 Å². The molecule has 1 atom stereocenters. The van der Waals surface area contributed by atoms with Gasteiger partial charge in [-0.05, 0) is 39.0 Å². The molecule has 0 saturated carbocycles. The first-order valence-corrected chi connectivity index (χ1v) is 5.86. The van der Waals surface area contributed by atoms with Gasteiger partial charge >= 0.3 is 0 Å². The minimum Gasteiger partial charge on any atom is -0.591 e. The Kier molecular flexibility index (Phi) is 3.93. The predicted octanol–water partition coefficient (Wildman–Crippen LogP) is 2.41. The molecule has 0 spiro atoms. The highest BCUT2D eigenvalue weighted by Gasteiger charge is 2.25. The Labute approximate surface area is 97.3 Å². The van der Waals surface area contributed by atoms with Crippen molar-refractivity contribution in [3.8, 4) is 5.75 Å². The van der Waals surface area contributed by atoms with Crippen molar-refractivity contribution in [3.05, 3.63) is 29.6 Å². The van der Waals surface area contributed by atoms with E-state index in [4.69, 9.17) is 0 Å². The quantitative estimate of drug-likeness (QED) is 0.640. The number of aromatic hydroxyl groups is 1. The van der Waals surface area contributed by atoms with Crippen LogP contribution in [-0.2, 0) is 11.4 Å². The van der Waals surface area contributed by atoms with Crippen LogP contribution in [0.4, 0.5) is 4.39 Å². The van der Waals surface area contributed by atoms with Crippen molar-refractivity contribution in [2.75, 3.05) is 0 Å². The van der Waals surface area contributed by atoms with Gasteiger partial charge in [-0.15, -0.1) is 0 Å². The lowest BCUT2D eigenvalue weighted by molar-refractivity contribution is 0.472. The van der Waals surface area contributed by atoms with Gasteiger partial charge in [0.2, 0.25) is 0 Å². The molecule has 0 aliphatic heterocycles. The molecule has 1 aromatic carbocycles. The van der Waals surface area contributed by atoms with Gasteiger partial charge in [0.15, 0.2) is 0 Å². The zero-order chi connectivity index (χ0) is 12.3. The topological polar surface area (TPSA) is 55.7 Å². The number of phenolic OH excluding ortho intramolecular Hbond substituents is 1. The monoisotopic (exact) mass is 243 g/mol. The van der Waals surface area contributed by atoms with Crippen molar-refractivity contribution < 1.29 is 14.0 Å². The molecule has 0 unspecified atom stereocenters. The molecule has 1 rings (SSSR count). The Balaban J connectivity index is 2.88. The first-order valence-electron chi connectivity index (χ1n) is 4.75. The number of rotatable bonds is 2. The van der Waals surface area contributed by atoms with Crippen LogP contribution in [0.5, 0.6) is 5.75 Å². The van der Waals surface area contributed by atoms with Crippen LogP contribution in [0.15, 0.2) is 22.6 Å². The van der Waals surface area contributed by atoms with Gasteiger partial charge in [-0.2, -0.15) is 0 Å². The number of benzene rings is 1. The Morgan fingerprint density at radius 3 is 2.62 bits per heavy atom. The minimum absolute atomic E-state index is 0.0870. The fraction of sp³-hybridized carbons (Fsp3) is 0.364. The second kappa shape index (κ2) is 4.84. The molecule has 0 aliphatic carbocycles. The molecule has 5 heteroatoms. The molecule has 0 saturated heterocycles. The van der Waals surface area contributed by atoms with E-state index in [1.807, 2.05) is 0 Å². The summed E-state index contributed by atoms with van der Waals surface area (Å²) in [5.41, 5.74) is 0.220. The lowest BCUT2D eigenvalue weighted by Gasteiger charge is -2.17. The zero-order valence-corrected chi connectivity index (χ0v) is 10.2. The molecule has 88 valence electrons. The first kappa shape index (κ1) is 13.0. The van der Waals surface area contributed by atoms with Crippen molar-refractivity contribution in [1.82, 2.24) is 0 Å². The summed E-state index contributed by atoms with van der Waals surface area (Å²) in [4.78, 5) is 0. The average molecular weight is 243 g/mol. The van der Waals surface area contributed by atoms with Crippen molar-refractivity contribution in [2.45, 2.75) is 25.5 Å². The lowest BCUT2D eigenvalue weighted by atomic mass is 10.2. The van der Waals surface area contributed by atoms with E-state index in [-0.39, 0.29) is 11.3 Å². The van der Waals surface area contributed by atoms with Crippen LogP contribution < -0.4 is 0 Å². The number of halogens is 1. The average Bonchev–Trinajstić information content (AvgIpc) is 2.17. The van der Waals surface area contributed by atoms with E-state index >= 15 is 0 Å². The van der Waals surface area contributed by atoms with Gasteiger partial charge in [-0.3, -0.25) is 0 Å². The summed E-state index contributed by atoms with van der Waals surface area (Å²) >= 11 is -1.42. The van der Waals surface area contributed by atoms with E-state index in [0.29, 0.717) is 0 Å². The summed E-state index contributed by atoms with van der Waals surface area (Å²) in [6.07, 6.45) is 1.22. The minimum atomic E-state index is -1.42. The molecule has 0 bridgehead atoms. The van der Waals surface area contributed by atoms with E-state index < -0.39 is 21.9 Å². The summed E-state index contributed by atoms with van der Waals surface area (Å²) in [7, 11) is 0. The highest BCUT2D eigenvalue weighted by Crippen LogP contribution is 2.19. The number of phenols is 1. The lowest BCUT2D eigenvalue weighted by Crippen LogP contribution is -2.25. The molecular formula is C11H14FNO2S. The second-order valence-corrected chi connectivity index (χ2v) is 6.23. The maximum Gasteiger partial charge on any atom is 0.144 e. The predicted molar refractivity (Wildman–Crippen MR) is 63.6 cm³/mol. The third-order valence-electron chi connectivity index (χ3n) is 1.80. The Morgan fingerprint density at radius 1 is 1.44 bits per heavy atom. The summed E-state index contributed by atoms with van der Waals surface area (Å²) in [6.45, 7) is 5.35. The summed E-state index contributed by atoms with van der Waals surface area (Å²) in [5.74, 6) is -0.558. The standard InChI is InChI=1S/C11H14FNO2S/c1-11(2,3)16(15)13-7-8-6-9(12)4-5-10(8)14/h4-7,14H,1-3H3/t16-/m0/s1. The van der Waals surface area contributed by atoms with Crippen LogP contribution in [0.3, 0.4) is 0 Å². The number of hydrogen-bond donors (Lipinski definition) is 1. The van der Waals surface area contributed by atoms with Crippen molar-refractivity contribution >= 4 is 17.6 Å². The smallest absolute Gasteiger partial charge is 0.144 e. The maximum atomic E-state index is 12.9. The molecule has 1 aromatic rings. The van der Waals surface area contributed by atoms with Crippen LogP contribution in [0.2, 0.25) is 0 Å². The van der Waals surface area contributed by atoms with E-state index in [1.165, 1.54) is 12.3 Å². The first-order chi connectivity index (χ1) is 7.30. The van der Waals surface area contributed by atoms with Crippen LogP contribution in [0.1, 0.15) is 26.3 Å². The molecule has 0 aliphatic rings. The maximum absolute atomic E-state index is 12.9. The normalized spacial score (nSPS) is 14.3. The van der Waals surface area contributed by atoms with Gasteiger partial charge in [0.25, 0.3) is 0 Å². The van der Waals surface area contributed by atoms with E-state index in [0.717, 1.165) is 12.1 Å². The molecule has 0 fully saturated rings. The molecule has 0 aromatic heterocycles. The highest BCUT2D eigenvalue weighted by atomic mass is 32.2. The van der Waals surface area contributed by atoms with Gasteiger partial charge < -0.3 is 9.66 Å². The highest BCUT2D eigenvalue weighted by molar-refractivity contribution is 7.91. The number of nitrogens with zero attached hydrogens (tertiary/aromatic N) is 1. The Bertz CT molecular complexity index is 401. The SMILES string of the molecule is CC(C)(C)[S@+]([O-])N=Cc1cc(F)ccc1O. The van der Waals surface area contributed by atoms with Crippen LogP contribution in [-0.4, -0.2) is 20.6 Å². The third kappa shape index (κ3) is 3.50. The summed E-state index contributed by atoms with van der Waals surface area (Å²) < 4.78 is 27.7. The molecule has 1 N–H and O–H groups in total. The largest absolute Gasteiger partial charge is 0.591 e. The van der Waals surface area contributed by atoms with Gasteiger partial charge in [-0.1, -0.05) is 4.40 Å². The van der Waals surface area contributed by atoms with Crippen LogP contribution in [0, 0.1) is 5.82 Å². The molecule has 3 nitrogen and oxygen atoms in total. The van der Waals surface area contributed by atoms with Gasteiger partial charge in [0.1, 0.15) is 27.7 Å². The summed E-state index contributed by atoms with van der Waals surface area (Å²) in [6, 6.07) is 3.52. The molecule has 16 heavy (non-hydrogen) atoms. The van der Waals surface area contributed by atoms with E-state index in [2.05, 4.69) is 4.40 Å². The van der Waals surface area contributed by atoms with E-state index in [1.54, 1.807) is 20.8 Å². The molecule has 0 heterocycles. The van der Waals surface area contributed by atoms with Crippen LogP contribution >= 0.6 is 0 Å². The fourth-order valence-corrected chi connectivity index (χ4v) is 1.42. The fourth-order valence-electron chi connectivity index (χ4n) is 0.892. The van der Waals surface area contributed by atoms with Gasteiger partial charge in [-0.25, -0.2) is 4.39 Å². The molecule has 0 radical (unpaired) electrons. The van der Waals surface area contributed by atoms with Gasteiger partial charge in [0.05, 0.1) is 6.21 Å². The van der Waals surface area contributed by atoms with Crippen LogP contribution in [0.25, 0.3) is 0 Å². The molecular weight excluding hydrogens is 229 g/mol. The summed E-state index contributed by atoms with van der Waals surface area (Å²) in [5, 5.41) is 9.39. The van der Waals surface area contributed by atoms with Crippen molar-refractivity contribution in [3.63, 3.8) is 0 Å². The second-order valence-electron chi connectivity index (χ2n) is 4.30. The van der Waals surface area contributed by atoms with Crippen molar-refractivity contribution in [2.24, 2.45) is 4.40 Å². The Hall–Kier alpha value is -1.07. The van der Waals surface area contributed by atoms with Crippen molar-refractivity contribution in [1.29, 1.82) is 0 Å². The third-order valence-corrected chi connectivity index (χ3v) is 3.15. The molecule has 0 amide bonds. The zero-order valence-electron chi connectivity index (χ0n) is 9.40.